The molecule has 0 aromatic carbocycles. The molecular weight excluding hydrogens is 212 g/mol. The molecule has 1 unspecified atom stereocenters. The van der Waals surface area contributed by atoms with Crippen molar-refractivity contribution in [2.45, 2.75) is 32.9 Å². The van der Waals surface area contributed by atoms with Crippen LogP contribution in [0.15, 0.2) is 0 Å². The van der Waals surface area contributed by atoms with Crippen molar-refractivity contribution in [1.82, 2.24) is 10.2 Å². The molecule has 0 saturated heterocycles. The van der Waals surface area contributed by atoms with Crippen LogP contribution in [0.3, 0.4) is 0 Å². The Hall–Kier alpha value is -1.14. The Labute approximate surface area is 95.2 Å². The zero-order valence-electron chi connectivity index (χ0n) is 9.93. The fraction of sp³-hybridized carbons (Fsp3) is 0.800. The first-order valence-corrected chi connectivity index (χ1v) is 5.23. The first-order chi connectivity index (χ1) is 7.38. The van der Waals surface area contributed by atoms with Crippen LogP contribution in [0.5, 0.6) is 0 Å². The van der Waals surface area contributed by atoms with E-state index in [9.17, 15) is 9.59 Å². The summed E-state index contributed by atoms with van der Waals surface area (Å²) < 4.78 is 0. The minimum Gasteiger partial charge on any atom is -0.480 e. The highest BCUT2D eigenvalue weighted by Crippen LogP contribution is 2.00. The predicted octanol–water partition coefficient (Wildman–Crippen LogP) is -0.722. The molecule has 0 aliphatic heterocycles. The number of carbonyl (C=O) groups is 2. The molecule has 6 nitrogen and oxygen atoms in total. The van der Waals surface area contributed by atoms with Crippen molar-refractivity contribution in [2.24, 2.45) is 0 Å². The van der Waals surface area contributed by atoms with Gasteiger partial charge in [0.25, 0.3) is 0 Å². The second-order valence-electron chi connectivity index (χ2n) is 3.90. The Bertz CT molecular complexity index is 243. The van der Waals surface area contributed by atoms with Gasteiger partial charge in [0.1, 0.15) is 6.04 Å². The number of hydrogen-bond acceptors (Lipinski definition) is 4. The quantitative estimate of drug-likeness (QED) is 0.539. The molecule has 0 aromatic rings. The van der Waals surface area contributed by atoms with Crippen LogP contribution in [-0.2, 0) is 9.59 Å². The van der Waals surface area contributed by atoms with Crippen molar-refractivity contribution in [3.05, 3.63) is 0 Å². The maximum Gasteiger partial charge on any atom is 0.327 e. The molecule has 16 heavy (non-hydrogen) atoms. The summed E-state index contributed by atoms with van der Waals surface area (Å²) in [6.07, 6.45) is 0. The van der Waals surface area contributed by atoms with E-state index in [0.717, 1.165) is 0 Å². The van der Waals surface area contributed by atoms with Gasteiger partial charge in [-0.2, -0.15) is 0 Å². The Balaban J connectivity index is 4.44. The number of carboxylic acids is 1. The van der Waals surface area contributed by atoms with Crippen molar-refractivity contribution in [1.29, 1.82) is 0 Å². The number of carbonyl (C=O) groups excluding carboxylic acids is 1. The van der Waals surface area contributed by atoms with Crippen molar-refractivity contribution < 1.29 is 19.8 Å². The van der Waals surface area contributed by atoms with Crippen molar-refractivity contribution >= 4 is 11.9 Å². The normalized spacial score (nSPS) is 12.9. The second kappa shape index (κ2) is 7.19. The Morgan fingerprint density at radius 2 is 1.94 bits per heavy atom. The van der Waals surface area contributed by atoms with Crippen molar-refractivity contribution in [3.8, 4) is 0 Å². The van der Waals surface area contributed by atoms with Crippen molar-refractivity contribution in [3.63, 3.8) is 0 Å². The van der Waals surface area contributed by atoms with Crippen LogP contribution in [0.1, 0.15) is 20.8 Å². The molecular formula is C10H20N2O4. The molecule has 6 heteroatoms. The van der Waals surface area contributed by atoms with Crippen LogP contribution in [0.2, 0.25) is 0 Å². The van der Waals surface area contributed by atoms with Gasteiger partial charge in [-0.05, 0) is 13.8 Å². The van der Waals surface area contributed by atoms with Gasteiger partial charge in [-0.3, -0.25) is 9.69 Å². The molecule has 1 atom stereocenters. The van der Waals surface area contributed by atoms with E-state index in [1.165, 1.54) is 6.92 Å². The zero-order chi connectivity index (χ0) is 12.7. The third-order valence-corrected chi connectivity index (χ3v) is 2.21. The molecule has 0 heterocycles. The summed E-state index contributed by atoms with van der Waals surface area (Å²) in [6, 6.07) is -0.825. The van der Waals surface area contributed by atoms with E-state index in [4.69, 9.17) is 10.2 Å². The maximum atomic E-state index is 10.9. The number of aliphatic hydroxyl groups is 1. The fourth-order valence-corrected chi connectivity index (χ4v) is 1.35. The molecule has 0 aliphatic carbocycles. The van der Waals surface area contributed by atoms with Gasteiger partial charge in [-0.25, -0.2) is 4.79 Å². The summed E-state index contributed by atoms with van der Waals surface area (Å²) in [5.41, 5.74) is 0. The van der Waals surface area contributed by atoms with Crippen LogP contribution in [0.4, 0.5) is 0 Å². The number of carboxylic acid groups (broad SMARTS) is 1. The van der Waals surface area contributed by atoms with E-state index in [1.807, 2.05) is 13.8 Å². The average molecular weight is 232 g/mol. The summed E-state index contributed by atoms with van der Waals surface area (Å²) in [5, 5.41) is 20.1. The van der Waals surface area contributed by atoms with Gasteiger partial charge in [0.05, 0.1) is 6.61 Å². The summed E-state index contributed by atoms with van der Waals surface area (Å²) in [6.45, 7) is 5.63. The van der Waals surface area contributed by atoms with Gasteiger partial charge in [0, 0.05) is 26.1 Å². The highest BCUT2D eigenvalue weighted by molar-refractivity contribution is 5.82. The number of nitrogens with one attached hydrogen (secondary N) is 1. The SMILES string of the molecule is CC(=O)NC(CN(CCO)C(C)C)C(=O)O. The Morgan fingerprint density at radius 1 is 1.38 bits per heavy atom. The monoisotopic (exact) mass is 232 g/mol. The molecule has 0 rings (SSSR count). The van der Waals surface area contributed by atoms with E-state index in [-0.39, 0.29) is 25.1 Å². The summed E-state index contributed by atoms with van der Waals surface area (Å²) >= 11 is 0. The van der Waals surface area contributed by atoms with Gasteiger partial charge in [0.2, 0.25) is 5.91 Å². The Kier molecular flexibility index (Phi) is 6.67. The summed E-state index contributed by atoms with van der Waals surface area (Å²) in [7, 11) is 0. The fourth-order valence-electron chi connectivity index (χ4n) is 1.35. The number of hydrogen-bond donors (Lipinski definition) is 3. The first-order valence-electron chi connectivity index (χ1n) is 5.23. The highest BCUT2D eigenvalue weighted by atomic mass is 16.4. The van der Waals surface area contributed by atoms with Crippen LogP contribution < -0.4 is 5.32 Å². The van der Waals surface area contributed by atoms with Crippen LogP contribution in [-0.4, -0.2) is 58.8 Å². The number of rotatable bonds is 7. The third-order valence-electron chi connectivity index (χ3n) is 2.21. The topological polar surface area (TPSA) is 89.9 Å². The van der Waals surface area contributed by atoms with E-state index >= 15 is 0 Å². The molecule has 3 N–H and O–H groups in total. The summed E-state index contributed by atoms with van der Waals surface area (Å²) in [5.74, 6) is -1.45. The van der Waals surface area contributed by atoms with E-state index < -0.39 is 12.0 Å². The maximum absolute atomic E-state index is 10.9. The number of aliphatic carboxylic acids is 1. The largest absolute Gasteiger partial charge is 0.480 e. The standard InChI is InChI=1S/C10H20N2O4/c1-7(2)12(4-5-13)6-9(10(15)16)11-8(3)14/h7,9,13H,4-6H2,1-3H3,(H,11,14)(H,15,16). The second-order valence-corrected chi connectivity index (χ2v) is 3.90. The highest BCUT2D eigenvalue weighted by Gasteiger charge is 2.22. The Morgan fingerprint density at radius 3 is 2.25 bits per heavy atom. The van der Waals surface area contributed by atoms with Crippen LogP contribution >= 0.6 is 0 Å². The molecule has 0 aliphatic rings. The first kappa shape index (κ1) is 14.9. The molecule has 0 spiro atoms. The van der Waals surface area contributed by atoms with E-state index in [1.54, 1.807) is 4.90 Å². The molecule has 0 bridgehead atoms. The van der Waals surface area contributed by atoms with E-state index in [2.05, 4.69) is 5.32 Å². The lowest BCUT2D eigenvalue weighted by Crippen LogP contribution is -2.50. The lowest BCUT2D eigenvalue weighted by atomic mass is 10.2. The lowest BCUT2D eigenvalue weighted by molar-refractivity contribution is -0.142. The zero-order valence-corrected chi connectivity index (χ0v) is 9.93. The molecule has 0 aromatic heterocycles. The molecule has 94 valence electrons. The molecule has 1 amide bonds. The van der Waals surface area contributed by atoms with Gasteiger partial charge in [0.15, 0.2) is 0 Å². The average Bonchev–Trinajstić information content (AvgIpc) is 2.14. The van der Waals surface area contributed by atoms with Gasteiger partial charge < -0.3 is 15.5 Å². The number of aliphatic hydroxyl groups excluding tert-OH is 1. The summed E-state index contributed by atoms with van der Waals surface area (Å²) in [4.78, 5) is 23.5. The minimum atomic E-state index is -1.07. The van der Waals surface area contributed by atoms with Crippen molar-refractivity contribution in [2.75, 3.05) is 19.7 Å². The van der Waals surface area contributed by atoms with Crippen LogP contribution in [0.25, 0.3) is 0 Å². The van der Waals surface area contributed by atoms with E-state index in [0.29, 0.717) is 6.54 Å². The van der Waals surface area contributed by atoms with Gasteiger partial charge in [-0.1, -0.05) is 0 Å². The lowest BCUT2D eigenvalue weighted by Gasteiger charge is -2.28. The smallest absolute Gasteiger partial charge is 0.327 e. The number of amides is 1. The number of nitrogens with zero attached hydrogens (tertiary/aromatic N) is 1. The molecule has 0 saturated carbocycles. The minimum absolute atomic E-state index is 0.0371. The third kappa shape index (κ3) is 5.67. The predicted molar refractivity (Wildman–Crippen MR) is 59.0 cm³/mol. The van der Waals surface area contributed by atoms with Gasteiger partial charge >= 0.3 is 5.97 Å². The molecule has 0 fully saturated rings. The molecule has 0 radical (unpaired) electrons. The van der Waals surface area contributed by atoms with Crippen LogP contribution in [0, 0.1) is 0 Å². The van der Waals surface area contributed by atoms with Gasteiger partial charge in [-0.15, -0.1) is 0 Å².